The largest absolute Gasteiger partial charge is 0.335 e. The number of aromatic nitrogens is 7. The third-order valence-electron chi connectivity index (χ3n) is 6.07. The number of carbonyl (C=O) groups excluding carboxylic acids is 1. The summed E-state index contributed by atoms with van der Waals surface area (Å²) in [5.41, 5.74) is 5.22. The topological polar surface area (TPSA) is 125 Å². The van der Waals surface area contributed by atoms with Crippen LogP contribution in [0.15, 0.2) is 67.4 Å². The number of nitrogens with one attached hydrogen (secondary N) is 3. The van der Waals surface area contributed by atoms with Crippen molar-refractivity contribution >= 4 is 33.7 Å². The van der Waals surface area contributed by atoms with Crippen molar-refractivity contribution < 1.29 is 9.18 Å². The van der Waals surface area contributed by atoms with E-state index in [0.717, 1.165) is 17.5 Å². The monoisotopic (exact) mass is 492 g/mol. The van der Waals surface area contributed by atoms with Crippen LogP contribution in [0.1, 0.15) is 19.8 Å². The highest BCUT2D eigenvalue weighted by atomic mass is 19.1. The number of amides is 1. The smallest absolute Gasteiger partial charge is 0.224 e. The first-order chi connectivity index (χ1) is 18.1. The Kier molecular flexibility index (Phi) is 5.61. The molecule has 0 aliphatic rings. The number of benzene rings is 1. The summed E-state index contributed by atoms with van der Waals surface area (Å²) in [6.07, 6.45) is 9.38. The van der Waals surface area contributed by atoms with E-state index in [1.165, 1.54) is 6.20 Å². The van der Waals surface area contributed by atoms with Crippen molar-refractivity contribution in [3.63, 3.8) is 0 Å². The predicted octanol–water partition coefficient (Wildman–Crippen LogP) is 5.50. The van der Waals surface area contributed by atoms with Crippen molar-refractivity contribution in [3.05, 3.63) is 73.2 Å². The minimum atomic E-state index is -0.471. The molecule has 182 valence electrons. The van der Waals surface area contributed by atoms with Crippen LogP contribution in [-0.2, 0) is 4.79 Å². The van der Waals surface area contributed by atoms with E-state index in [1.54, 1.807) is 43.0 Å². The summed E-state index contributed by atoms with van der Waals surface area (Å²) in [5.74, 6) is -0.195. The fourth-order valence-electron chi connectivity index (χ4n) is 4.36. The lowest BCUT2D eigenvalue weighted by molar-refractivity contribution is -0.116. The first kappa shape index (κ1) is 22.5. The molecule has 9 nitrogen and oxygen atoms in total. The molecule has 0 unspecified atom stereocenters. The van der Waals surface area contributed by atoms with E-state index in [9.17, 15) is 4.79 Å². The lowest BCUT2D eigenvalue weighted by Gasteiger charge is -2.08. The van der Waals surface area contributed by atoms with E-state index >= 15 is 4.39 Å². The number of carbonyl (C=O) groups is 1. The predicted molar refractivity (Wildman–Crippen MR) is 139 cm³/mol. The van der Waals surface area contributed by atoms with Crippen LogP contribution in [0.3, 0.4) is 0 Å². The van der Waals surface area contributed by atoms with Crippen molar-refractivity contribution in [3.8, 4) is 33.8 Å². The number of rotatable bonds is 6. The van der Waals surface area contributed by atoms with E-state index in [4.69, 9.17) is 0 Å². The number of halogens is 1. The van der Waals surface area contributed by atoms with Crippen molar-refractivity contribution in [2.75, 3.05) is 5.32 Å². The summed E-state index contributed by atoms with van der Waals surface area (Å²) in [6, 6.07) is 10.8. The number of H-pyrrole nitrogens is 2. The zero-order chi connectivity index (χ0) is 25.4. The van der Waals surface area contributed by atoms with Gasteiger partial charge in [-0.3, -0.25) is 19.9 Å². The molecule has 0 saturated heterocycles. The number of fused-ring (bicyclic) bond motifs is 2. The molecule has 6 rings (SSSR count). The average molecular weight is 493 g/mol. The van der Waals surface area contributed by atoms with Gasteiger partial charge in [-0.15, -0.1) is 0 Å². The van der Waals surface area contributed by atoms with Gasteiger partial charge >= 0.3 is 0 Å². The van der Waals surface area contributed by atoms with Gasteiger partial charge in [0.15, 0.2) is 11.5 Å². The summed E-state index contributed by atoms with van der Waals surface area (Å²) >= 11 is 0. The molecule has 6 aromatic rings. The Balaban J connectivity index is 1.44. The zero-order valence-corrected chi connectivity index (χ0v) is 19.8. The Bertz CT molecular complexity index is 1760. The second kappa shape index (κ2) is 9.23. The van der Waals surface area contributed by atoms with E-state index in [2.05, 4.69) is 40.4 Å². The Morgan fingerprint density at radius 3 is 2.76 bits per heavy atom. The second-order valence-corrected chi connectivity index (χ2v) is 8.57. The van der Waals surface area contributed by atoms with E-state index < -0.39 is 5.82 Å². The summed E-state index contributed by atoms with van der Waals surface area (Å²) in [6.45, 7) is 1.93. The van der Waals surface area contributed by atoms with Crippen molar-refractivity contribution in [2.45, 2.75) is 19.8 Å². The van der Waals surface area contributed by atoms with Crippen LogP contribution >= 0.6 is 0 Å². The molecule has 0 saturated carbocycles. The first-order valence-electron chi connectivity index (χ1n) is 11.8. The molecule has 37 heavy (non-hydrogen) atoms. The Morgan fingerprint density at radius 1 is 1.03 bits per heavy atom. The normalized spacial score (nSPS) is 11.3. The Morgan fingerprint density at radius 2 is 1.92 bits per heavy atom. The highest BCUT2D eigenvalue weighted by Gasteiger charge is 2.21. The summed E-state index contributed by atoms with van der Waals surface area (Å²) in [4.78, 5) is 32.7. The van der Waals surface area contributed by atoms with Gasteiger partial charge in [0, 0.05) is 53.5 Å². The number of hydrogen-bond donors (Lipinski definition) is 3. The van der Waals surface area contributed by atoms with Gasteiger partial charge in [-0.1, -0.05) is 13.0 Å². The van der Waals surface area contributed by atoms with Gasteiger partial charge in [-0.25, -0.2) is 14.4 Å². The van der Waals surface area contributed by atoms with Crippen LogP contribution in [0.2, 0.25) is 0 Å². The van der Waals surface area contributed by atoms with Gasteiger partial charge in [0.25, 0.3) is 0 Å². The van der Waals surface area contributed by atoms with Gasteiger partial charge in [0.2, 0.25) is 5.91 Å². The molecular formula is C27H21FN8O. The Hall–Kier alpha value is -4.99. The lowest BCUT2D eigenvalue weighted by atomic mass is 10.0. The highest BCUT2D eigenvalue weighted by molar-refractivity contribution is 5.98. The van der Waals surface area contributed by atoms with Crippen LogP contribution in [-0.4, -0.2) is 41.0 Å². The van der Waals surface area contributed by atoms with Crippen molar-refractivity contribution in [1.82, 2.24) is 35.1 Å². The van der Waals surface area contributed by atoms with E-state index in [-0.39, 0.29) is 5.91 Å². The lowest BCUT2D eigenvalue weighted by Crippen LogP contribution is -2.10. The number of hydrogen-bond acceptors (Lipinski definition) is 6. The average Bonchev–Trinajstić information content (AvgIpc) is 3.54. The van der Waals surface area contributed by atoms with Crippen molar-refractivity contribution in [1.29, 1.82) is 0 Å². The Labute approximate surface area is 210 Å². The maximum absolute atomic E-state index is 16.0. The van der Waals surface area contributed by atoms with Crippen LogP contribution in [0, 0.1) is 5.82 Å². The van der Waals surface area contributed by atoms with Gasteiger partial charge in [-0.05, 0) is 36.8 Å². The summed E-state index contributed by atoms with van der Waals surface area (Å²) in [7, 11) is 0. The molecule has 1 amide bonds. The second-order valence-electron chi connectivity index (χ2n) is 8.57. The maximum Gasteiger partial charge on any atom is 0.224 e. The summed E-state index contributed by atoms with van der Waals surface area (Å²) < 4.78 is 16.0. The highest BCUT2D eigenvalue weighted by Crippen LogP contribution is 2.35. The van der Waals surface area contributed by atoms with Gasteiger partial charge < -0.3 is 10.3 Å². The molecule has 0 bridgehead atoms. The van der Waals surface area contributed by atoms with Crippen LogP contribution in [0.4, 0.5) is 10.1 Å². The molecule has 0 aliphatic heterocycles. The number of nitrogens with zero attached hydrogens (tertiary/aromatic N) is 5. The molecule has 0 radical (unpaired) electrons. The van der Waals surface area contributed by atoms with Crippen LogP contribution < -0.4 is 5.32 Å². The molecular weight excluding hydrogens is 471 g/mol. The fraction of sp³-hybridized carbons (Fsp3) is 0.111. The van der Waals surface area contributed by atoms with Crippen LogP contribution in [0.25, 0.3) is 55.8 Å². The molecule has 0 spiro atoms. The van der Waals surface area contributed by atoms with Gasteiger partial charge in [0.05, 0.1) is 28.3 Å². The maximum atomic E-state index is 16.0. The SMILES string of the molecule is CCCC(=O)Nc1cncc(-c2ccc3[nH]nc(-c4nc5nccc(-c6cccnc6)c5[nH]4)c3c2F)c1. The minimum absolute atomic E-state index is 0.112. The van der Waals surface area contributed by atoms with Crippen LogP contribution in [0.5, 0.6) is 0 Å². The number of anilines is 1. The zero-order valence-electron chi connectivity index (χ0n) is 19.8. The third-order valence-corrected chi connectivity index (χ3v) is 6.07. The van der Waals surface area contributed by atoms with Gasteiger partial charge in [-0.2, -0.15) is 5.10 Å². The number of imidazole rings is 1. The summed E-state index contributed by atoms with van der Waals surface area (Å²) in [5, 5.41) is 10.4. The molecule has 0 aliphatic carbocycles. The molecule has 10 heteroatoms. The molecule has 5 aromatic heterocycles. The van der Waals surface area contributed by atoms with Crippen molar-refractivity contribution in [2.24, 2.45) is 0 Å². The molecule has 0 fully saturated rings. The first-order valence-corrected chi connectivity index (χ1v) is 11.8. The van der Waals surface area contributed by atoms with E-state index in [0.29, 0.717) is 56.8 Å². The molecule has 1 aromatic carbocycles. The number of aromatic amines is 2. The van der Waals surface area contributed by atoms with Gasteiger partial charge in [0.1, 0.15) is 11.5 Å². The molecule has 5 heterocycles. The number of pyridine rings is 3. The van der Waals surface area contributed by atoms with E-state index in [1.807, 2.05) is 25.1 Å². The quantitative estimate of drug-likeness (QED) is 0.282. The fourth-order valence-corrected chi connectivity index (χ4v) is 4.36. The molecule has 0 atom stereocenters. The third kappa shape index (κ3) is 4.08. The standard InChI is InChI=1S/C27H21FN8O/c1-2-4-21(37)32-17-11-16(13-30-14-17)18-6-7-20-22(23(18)28)25(36-35-20)27-33-24-19(8-10-31-26(24)34-27)15-5-3-9-29-12-15/h3,5-14H,2,4H2,1H3,(H,32,37)(H,35,36)(H,31,33,34). The minimum Gasteiger partial charge on any atom is -0.335 e. The molecule has 3 N–H and O–H groups in total.